The molecule has 1 aromatic carbocycles. The molecule has 1 heterocycles. The molecule has 0 bridgehead atoms. The Morgan fingerprint density at radius 1 is 1.20 bits per heavy atom. The van der Waals surface area contributed by atoms with Crippen molar-refractivity contribution < 1.29 is 12.9 Å². The summed E-state index contributed by atoms with van der Waals surface area (Å²) in [5, 5.41) is 3.67. The van der Waals surface area contributed by atoms with Gasteiger partial charge >= 0.3 is 0 Å². The van der Waals surface area contributed by atoms with Gasteiger partial charge in [0.05, 0.1) is 11.4 Å². The van der Waals surface area contributed by atoms with Gasteiger partial charge in [-0.1, -0.05) is 5.16 Å². The van der Waals surface area contributed by atoms with Crippen LogP contribution in [0.4, 0.5) is 11.4 Å². The number of aryl methyl sites for hydroxylation is 3. The highest BCUT2D eigenvalue weighted by Gasteiger charge is 2.16. The fourth-order valence-electron chi connectivity index (χ4n) is 1.81. The van der Waals surface area contributed by atoms with Crippen LogP contribution in [0.5, 0.6) is 0 Å². The largest absolute Gasteiger partial charge is 0.397 e. The third-order valence-corrected chi connectivity index (χ3v) is 4.15. The van der Waals surface area contributed by atoms with E-state index in [0.29, 0.717) is 22.8 Å². The summed E-state index contributed by atoms with van der Waals surface area (Å²) in [4.78, 5) is 0. The van der Waals surface area contributed by atoms with Crippen LogP contribution in [-0.2, 0) is 15.8 Å². The number of benzene rings is 1. The van der Waals surface area contributed by atoms with Crippen molar-refractivity contribution in [2.75, 3.05) is 10.5 Å². The van der Waals surface area contributed by atoms with E-state index in [1.807, 2.05) is 13.8 Å². The van der Waals surface area contributed by atoms with Gasteiger partial charge in [0.25, 0.3) is 0 Å². The van der Waals surface area contributed by atoms with Gasteiger partial charge in [-0.05, 0) is 44.0 Å². The average Bonchev–Trinajstić information content (AvgIpc) is 2.70. The number of hydrogen-bond donors (Lipinski definition) is 2. The smallest absolute Gasteiger partial charge is 0.238 e. The fourth-order valence-corrected chi connectivity index (χ4v) is 2.92. The highest BCUT2D eigenvalue weighted by atomic mass is 32.2. The molecule has 0 spiro atoms. The Balaban J connectivity index is 2.22. The van der Waals surface area contributed by atoms with E-state index in [9.17, 15) is 8.42 Å². The number of nitrogen functional groups attached to an aromatic ring is 1. The van der Waals surface area contributed by atoms with Gasteiger partial charge in [-0.15, -0.1) is 0 Å². The standard InChI is InChI=1S/C13H17N3O3S/c1-8-4-12(14)13(5-9(8)2)16-20(17,18)7-11-6-10(3)19-15-11/h4-6,16H,7,14H2,1-3H3. The molecule has 3 N–H and O–H groups in total. The van der Waals surface area contributed by atoms with Crippen molar-refractivity contribution in [3.63, 3.8) is 0 Å². The zero-order chi connectivity index (χ0) is 14.9. The zero-order valence-electron chi connectivity index (χ0n) is 11.6. The molecule has 0 aliphatic heterocycles. The number of rotatable bonds is 4. The van der Waals surface area contributed by atoms with Crippen LogP contribution in [0.1, 0.15) is 22.6 Å². The molecule has 0 unspecified atom stereocenters. The van der Waals surface area contributed by atoms with Gasteiger partial charge in [-0.2, -0.15) is 0 Å². The molecule has 20 heavy (non-hydrogen) atoms. The van der Waals surface area contributed by atoms with Gasteiger partial charge in [0.2, 0.25) is 10.0 Å². The van der Waals surface area contributed by atoms with Gasteiger partial charge in [0.15, 0.2) is 0 Å². The summed E-state index contributed by atoms with van der Waals surface area (Å²) >= 11 is 0. The maximum atomic E-state index is 12.1. The van der Waals surface area contributed by atoms with E-state index in [2.05, 4.69) is 9.88 Å². The Labute approximate surface area is 118 Å². The maximum absolute atomic E-state index is 12.1. The molecule has 2 rings (SSSR count). The van der Waals surface area contributed by atoms with E-state index in [0.717, 1.165) is 11.1 Å². The molecule has 0 aliphatic carbocycles. The molecule has 108 valence electrons. The molecule has 0 saturated carbocycles. The molecule has 6 nitrogen and oxygen atoms in total. The maximum Gasteiger partial charge on any atom is 0.238 e. The van der Waals surface area contributed by atoms with E-state index in [-0.39, 0.29) is 5.75 Å². The lowest BCUT2D eigenvalue weighted by Crippen LogP contribution is -2.16. The molecule has 0 fully saturated rings. The quantitative estimate of drug-likeness (QED) is 0.842. The van der Waals surface area contributed by atoms with E-state index in [1.54, 1.807) is 25.1 Å². The topological polar surface area (TPSA) is 98.2 Å². The minimum atomic E-state index is -3.58. The first-order valence-corrected chi connectivity index (χ1v) is 7.71. The van der Waals surface area contributed by atoms with Crippen molar-refractivity contribution >= 4 is 21.4 Å². The van der Waals surface area contributed by atoms with Crippen LogP contribution < -0.4 is 10.5 Å². The normalized spacial score (nSPS) is 11.6. The number of nitrogens with two attached hydrogens (primary N) is 1. The van der Waals surface area contributed by atoms with E-state index < -0.39 is 10.0 Å². The summed E-state index contributed by atoms with van der Waals surface area (Å²) in [6, 6.07) is 5.05. The number of nitrogens with zero attached hydrogens (tertiary/aromatic N) is 1. The van der Waals surface area contributed by atoms with Crippen LogP contribution in [0.3, 0.4) is 0 Å². The third kappa shape index (κ3) is 3.30. The average molecular weight is 295 g/mol. The molecular weight excluding hydrogens is 278 g/mol. The Bertz CT molecular complexity index is 735. The molecule has 0 amide bonds. The number of hydrogen-bond acceptors (Lipinski definition) is 5. The van der Waals surface area contributed by atoms with Gasteiger partial charge in [0, 0.05) is 6.07 Å². The van der Waals surface area contributed by atoms with E-state index in [4.69, 9.17) is 10.3 Å². The predicted octanol–water partition coefficient (Wildman–Crippen LogP) is 2.12. The minimum absolute atomic E-state index is 0.253. The van der Waals surface area contributed by atoms with Crippen molar-refractivity contribution in [3.05, 3.63) is 40.8 Å². The Morgan fingerprint density at radius 3 is 2.45 bits per heavy atom. The Morgan fingerprint density at radius 2 is 1.85 bits per heavy atom. The minimum Gasteiger partial charge on any atom is -0.397 e. The Kier molecular flexibility index (Phi) is 3.71. The van der Waals surface area contributed by atoms with Crippen LogP contribution in [-0.4, -0.2) is 13.6 Å². The fraction of sp³-hybridized carbons (Fsp3) is 0.308. The van der Waals surface area contributed by atoms with Gasteiger partial charge in [-0.3, -0.25) is 4.72 Å². The second-order valence-corrected chi connectivity index (χ2v) is 6.54. The van der Waals surface area contributed by atoms with Crippen molar-refractivity contribution in [3.8, 4) is 0 Å². The van der Waals surface area contributed by atoms with Crippen LogP contribution in [0, 0.1) is 20.8 Å². The summed E-state index contributed by atoms with van der Waals surface area (Å²) in [7, 11) is -3.58. The van der Waals surface area contributed by atoms with Crippen molar-refractivity contribution in [2.24, 2.45) is 0 Å². The summed E-state index contributed by atoms with van der Waals surface area (Å²) in [6.07, 6.45) is 0. The summed E-state index contributed by atoms with van der Waals surface area (Å²) in [5.41, 5.74) is 8.95. The van der Waals surface area contributed by atoms with E-state index >= 15 is 0 Å². The number of sulfonamides is 1. The van der Waals surface area contributed by atoms with Crippen LogP contribution in [0.15, 0.2) is 22.7 Å². The second-order valence-electron chi connectivity index (χ2n) is 4.81. The first-order valence-electron chi connectivity index (χ1n) is 6.06. The second kappa shape index (κ2) is 5.16. The summed E-state index contributed by atoms with van der Waals surface area (Å²) in [5.74, 6) is 0.317. The summed E-state index contributed by atoms with van der Waals surface area (Å²) in [6.45, 7) is 5.52. The van der Waals surface area contributed by atoms with Crippen molar-refractivity contribution in [1.82, 2.24) is 5.16 Å². The van der Waals surface area contributed by atoms with Gasteiger partial charge in [0.1, 0.15) is 17.2 Å². The lowest BCUT2D eigenvalue weighted by molar-refractivity contribution is 0.392. The molecule has 2 aromatic rings. The van der Waals surface area contributed by atoms with Crippen LogP contribution in [0.25, 0.3) is 0 Å². The zero-order valence-corrected chi connectivity index (χ0v) is 12.4. The molecular formula is C13H17N3O3S. The number of anilines is 2. The first-order chi connectivity index (χ1) is 9.27. The predicted molar refractivity (Wildman–Crippen MR) is 77.8 cm³/mol. The molecule has 0 aliphatic rings. The van der Waals surface area contributed by atoms with Crippen LogP contribution >= 0.6 is 0 Å². The molecule has 7 heteroatoms. The molecule has 1 aromatic heterocycles. The first kappa shape index (κ1) is 14.4. The lowest BCUT2D eigenvalue weighted by atomic mass is 10.1. The Hall–Kier alpha value is -2.02. The van der Waals surface area contributed by atoms with Crippen molar-refractivity contribution in [1.29, 1.82) is 0 Å². The van der Waals surface area contributed by atoms with Crippen molar-refractivity contribution in [2.45, 2.75) is 26.5 Å². The van der Waals surface area contributed by atoms with E-state index in [1.165, 1.54) is 0 Å². The lowest BCUT2D eigenvalue weighted by Gasteiger charge is -2.11. The number of aromatic nitrogens is 1. The SMILES string of the molecule is Cc1cc(CS(=O)(=O)Nc2cc(C)c(C)cc2N)no1. The highest BCUT2D eigenvalue weighted by molar-refractivity contribution is 7.91. The molecule has 0 radical (unpaired) electrons. The van der Waals surface area contributed by atoms with Gasteiger partial charge in [-0.25, -0.2) is 8.42 Å². The molecule has 0 atom stereocenters. The molecule has 0 saturated heterocycles. The van der Waals surface area contributed by atoms with Crippen LogP contribution in [0.2, 0.25) is 0 Å². The third-order valence-electron chi connectivity index (χ3n) is 2.95. The highest BCUT2D eigenvalue weighted by Crippen LogP contribution is 2.24. The van der Waals surface area contributed by atoms with Gasteiger partial charge < -0.3 is 10.3 Å². The monoisotopic (exact) mass is 295 g/mol. The number of nitrogens with one attached hydrogen (secondary N) is 1. The summed E-state index contributed by atoms with van der Waals surface area (Å²) < 4.78 is 31.5.